The van der Waals surface area contributed by atoms with E-state index in [0.29, 0.717) is 23.1 Å². The maximum absolute atomic E-state index is 12.1. The predicted octanol–water partition coefficient (Wildman–Crippen LogP) is 2.05. The molecule has 1 aromatic heterocycles. The highest BCUT2D eigenvalue weighted by molar-refractivity contribution is 8.12. The molecule has 0 aliphatic rings. The minimum Gasteiger partial charge on any atom is -0.432 e. The van der Waals surface area contributed by atoms with Crippen LogP contribution >= 0.6 is 17.6 Å². The van der Waals surface area contributed by atoms with Crippen molar-refractivity contribution in [3.8, 4) is 0 Å². The molecule has 0 atom stereocenters. The second kappa shape index (κ2) is 6.98. The molecule has 0 unspecified atom stereocenters. The zero-order chi connectivity index (χ0) is 14.5. The van der Waals surface area contributed by atoms with Crippen LogP contribution in [0.1, 0.15) is 19.5 Å². The number of nitrogens with zero attached hydrogens (tertiary/aromatic N) is 2. The molecule has 9 heteroatoms. The molecular formula is C10H16N3O3PS2. The van der Waals surface area contributed by atoms with Crippen molar-refractivity contribution < 1.29 is 14.2 Å². The number of carbonyl (C=O) groups is 1. The summed E-state index contributed by atoms with van der Waals surface area (Å²) in [6, 6.07) is 0. The fourth-order valence-corrected chi connectivity index (χ4v) is 3.07. The van der Waals surface area contributed by atoms with E-state index in [4.69, 9.17) is 22.1 Å². The maximum Gasteiger partial charge on any atom is 0.366 e. The molecule has 1 heterocycles. The number of rotatable bonds is 6. The second-order valence-corrected chi connectivity index (χ2v) is 9.48. The van der Waals surface area contributed by atoms with Crippen LogP contribution in [0.3, 0.4) is 0 Å². The van der Waals surface area contributed by atoms with Gasteiger partial charge in [0.1, 0.15) is 19.1 Å². The highest BCUT2D eigenvalue weighted by Gasteiger charge is 2.25. The minimum atomic E-state index is -2.14. The van der Waals surface area contributed by atoms with Crippen LogP contribution in [0.15, 0.2) is 10.5 Å². The number of nitrogens with two attached hydrogens (primary N) is 1. The fraction of sp³-hybridized carbons (Fsp3) is 0.500. The van der Waals surface area contributed by atoms with Crippen molar-refractivity contribution in [2.24, 2.45) is 5.16 Å². The average molecular weight is 321 g/mol. The monoisotopic (exact) mass is 321 g/mol. The van der Waals surface area contributed by atoms with Gasteiger partial charge < -0.3 is 15.1 Å². The Kier molecular flexibility index (Phi) is 5.90. The van der Waals surface area contributed by atoms with Crippen LogP contribution in [0.4, 0.5) is 5.13 Å². The third-order valence-corrected chi connectivity index (χ3v) is 7.23. The summed E-state index contributed by atoms with van der Waals surface area (Å²) in [7, 11) is 1.35. The van der Waals surface area contributed by atoms with E-state index >= 15 is 0 Å². The van der Waals surface area contributed by atoms with Crippen molar-refractivity contribution in [1.82, 2.24) is 4.98 Å². The van der Waals surface area contributed by atoms with E-state index in [2.05, 4.69) is 15.0 Å². The van der Waals surface area contributed by atoms with Gasteiger partial charge in [0, 0.05) is 17.7 Å². The predicted molar refractivity (Wildman–Crippen MR) is 81.5 cm³/mol. The summed E-state index contributed by atoms with van der Waals surface area (Å²) in [6.07, 6.45) is -0.851. The van der Waals surface area contributed by atoms with Crippen LogP contribution in [0.25, 0.3) is 0 Å². The lowest BCUT2D eigenvalue weighted by Gasteiger charge is -2.18. The van der Waals surface area contributed by atoms with Crippen LogP contribution in [0.5, 0.6) is 0 Å². The molecule has 0 radical (unpaired) electrons. The van der Waals surface area contributed by atoms with E-state index in [1.165, 1.54) is 18.4 Å². The molecule has 1 rings (SSSR count). The minimum absolute atomic E-state index is 0.00780. The van der Waals surface area contributed by atoms with E-state index < -0.39 is 12.2 Å². The van der Waals surface area contributed by atoms with Gasteiger partial charge in [-0.15, -0.1) is 11.3 Å². The maximum atomic E-state index is 12.1. The number of anilines is 1. The molecule has 0 spiro atoms. The molecule has 0 saturated heterocycles. The van der Waals surface area contributed by atoms with Gasteiger partial charge in [0.05, 0.1) is 0 Å². The summed E-state index contributed by atoms with van der Waals surface area (Å²) < 4.78 is 5.41. The Bertz CT molecular complexity index is 522. The molecule has 2 N–H and O–H groups in total. The number of hydrogen-bond donors (Lipinski definition) is 1. The number of aromatic nitrogens is 1. The SMILES string of the molecule is CCP(=S)(CC)OC(=O)C(=NOC)c1csc(N)n1. The first kappa shape index (κ1) is 16.1. The molecule has 19 heavy (non-hydrogen) atoms. The van der Waals surface area contributed by atoms with Gasteiger partial charge in [-0.2, -0.15) is 0 Å². The highest BCUT2D eigenvalue weighted by atomic mass is 32.4. The summed E-state index contributed by atoms with van der Waals surface area (Å²) in [5.41, 5.74) is 5.87. The topological polar surface area (TPSA) is 86.8 Å². The van der Waals surface area contributed by atoms with Crippen LogP contribution in [0.2, 0.25) is 0 Å². The Morgan fingerprint density at radius 1 is 1.58 bits per heavy atom. The third-order valence-electron chi connectivity index (χ3n) is 2.35. The second-order valence-electron chi connectivity index (χ2n) is 3.52. The lowest BCUT2D eigenvalue weighted by atomic mass is 10.3. The van der Waals surface area contributed by atoms with E-state index in [0.717, 1.165) is 0 Å². The molecule has 0 aliphatic heterocycles. The first-order valence-corrected chi connectivity index (χ1v) is 9.57. The largest absolute Gasteiger partial charge is 0.432 e. The van der Waals surface area contributed by atoms with Gasteiger partial charge in [-0.1, -0.05) is 30.8 Å². The molecule has 0 aromatic carbocycles. The summed E-state index contributed by atoms with van der Waals surface area (Å²) in [5.74, 6) is -0.612. The van der Waals surface area contributed by atoms with Crippen LogP contribution in [0, 0.1) is 0 Å². The zero-order valence-corrected chi connectivity index (χ0v) is 13.5. The lowest BCUT2D eigenvalue weighted by molar-refractivity contribution is -0.126. The normalized spacial score (nSPS) is 12.3. The summed E-state index contributed by atoms with van der Waals surface area (Å²) in [6.45, 7) is 3.82. The standard InChI is InChI=1S/C10H16N3O3PS2/c1-4-17(18,5-2)16-9(14)8(13-15-3)7-6-19-10(11)12-7/h6H,4-5H2,1-3H3,(H2,11,12). The number of thiazole rings is 1. The first-order valence-electron chi connectivity index (χ1n) is 5.60. The molecule has 106 valence electrons. The first-order chi connectivity index (χ1) is 8.95. The van der Waals surface area contributed by atoms with Crippen molar-refractivity contribution in [3.05, 3.63) is 11.1 Å². The van der Waals surface area contributed by atoms with Crippen molar-refractivity contribution >= 4 is 46.2 Å². The third kappa shape index (κ3) is 4.26. The number of nitrogen functional groups attached to an aromatic ring is 1. The molecular weight excluding hydrogens is 305 g/mol. The van der Waals surface area contributed by atoms with Gasteiger partial charge in [-0.25, -0.2) is 9.78 Å². The smallest absolute Gasteiger partial charge is 0.366 e. The highest BCUT2D eigenvalue weighted by Crippen LogP contribution is 2.46. The molecule has 0 amide bonds. The molecule has 6 nitrogen and oxygen atoms in total. The van der Waals surface area contributed by atoms with Crippen LogP contribution < -0.4 is 5.73 Å². The molecule has 0 saturated carbocycles. The Labute approximate surface area is 121 Å². The number of oxime groups is 1. The van der Waals surface area contributed by atoms with E-state index in [1.807, 2.05) is 13.8 Å². The van der Waals surface area contributed by atoms with Crippen molar-refractivity contribution in [2.75, 3.05) is 25.2 Å². The average Bonchev–Trinajstić information content (AvgIpc) is 2.81. The fourth-order valence-electron chi connectivity index (χ4n) is 1.22. The molecule has 0 aliphatic carbocycles. The molecule has 1 aromatic rings. The summed E-state index contributed by atoms with van der Waals surface area (Å²) in [5, 5.41) is 5.63. The Morgan fingerprint density at radius 3 is 2.63 bits per heavy atom. The number of carbonyl (C=O) groups excluding carboxylic acids is 1. The molecule has 0 fully saturated rings. The summed E-state index contributed by atoms with van der Waals surface area (Å²) >= 11 is 6.58. The zero-order valence-electron chi connectivity index (χ0n) is 11.0. The van der Waals surface area contributed by atoms with Gasteiger partial charge >= 0.3 is 5.97 Å². The van der Waals surface area contributed by atoms with Crippen LogP contribution in [-0.4, -0.2) is 36.1 Å². The van der Waals surface area contributed by atoms with E-state index in [-0.39, 0.29) is 5.71 Å². The summed E-state index contributed by atoms with van der Waals surface area (Å²) in [4.78, 5) is 20.8. The van der Waals surface area contributed by atoms with Crippen molar-refractivity contribution in [1.29, 1.82) is 0 Å². The van der Waals surface area contributed by atoms with Gasteiger partial charge in [0.15, 0.2) is 5.13 Å². The van der Waals surface area contributed by atoms with Gasteiger partial charge in [0.25, 0.3) is 0 Å². The lowest BCUT2D eigenvalue weighted by Crippen LogP contribution is -2.19. The quantitative estimate of drug-likeness (QED) is 0.490. The van der Waals surface area contributed by atoms with Gasteiger partial charge in [-0.3, -0.25) is 0 Å². The Morgan fingerprint density at radius 2 is 2.21 bits per heavy atom. The van der Waals surface area contributed by atoms with Gasteiger partial charge in [-0.05, 0) is 0 Å². The van der Waals surface area contributed by atoms with Crippen molar-refractivity contribution in [2.45, 2.75) is 13.8 Å². The van der Waals surface area contributed by atoms with E-state index in [1.54, 1.807) is 5.38 Å². The van der Waals surface area contributed by atoms with Crippen LogP contribution in [-0.2, 0) is 26.0 Å². The molecule has 0 bridgehead atoms. The Balaban J connectivity index is 2.99. The Hall–Kier alpha value is -0.980. The van der Waals surface area contributed by atoms with E-state index in [9.17, 15) is 4.79 Å². The van der Waals surface area contributed by atoms with Gasteiger partial charge in [0.2, 0.25) is 5.71 Å². The van der Waals surface area contributed by atoms with Crippen molar-refractivity contribution in [3.63, 3.8) is 0 Å². The number of hydrogen-bond acceptors (Lipinski definition) is 8.